The minimum atomic E-state index is 0.323. The van der Waals surface area contributed by atoms with Crippen molar-refractivity contribution in [2.24, 2.45) is 5.73 Å². The van der Waals surface area contributed by atoms with Crippen LogP contribution in [0.3, 0.4) is 0 Å². The minimum Gasteiger partial charge on any atom is -0.396 e. The van der Waals surface area contributed by atoms with Crippen molar-refractivity contribution in [3.63, 3.8) is 0 Å². The summed E-state index contributed by atoms with van der Waals surface area (Å²) in [4.78, 5) is 0. The Balaban J connectivity index is 2.65. The van der Waals surface area contributed by atoms with Gasteiger partial charge >= 0.3 is 0 Å². The third-order valence-corrected chi connectivity index (χ3v) is 2.34. The fourth-order valence-corrected chi connectivity index (χ4v) is 1.56. The highest BCUT2D eigenvalue weighted by molar-refractivity contribution is 7.99. The van der Waals surface area contributed by atoms with Crippen molar-refractivity contribution in [2.75, 3.05) is 24.7 Å². The molecule has 0 saturated carbocycles. The average Bonchev–Trinajstić information content (AvgIpc) is 1.97. The van der Waals surface area contributed by atoms with Crippen molar-refractivity contribution in [3.05, 3.63) is 0 Å². The average molecular weight is 163 g/mol. The number of aliphatic hydroxyl groups is 1. The molecule has 0 unspecified atom stereocenters. The van der Waals surface area contributed by atoms with Crippen LogP contribution in [0.1, 0.15) is 19.3 Å². The lowest BCUT2D eigenvalue weighted by Crippen LogP contribution is -1.98. The van der Waals surface area contributed by atoms with Crippen LogP contribution in [0.5, 0.6) is 0 Å². The van der Waals surface area contributed by atoms with E-state index in [-0.39, 0.29) is 0 Å². The Bertz CT molecular complexity index is 53.6. The smallest absolute Gasteiger partial charge is 0.0438 e. The highest BCUT2D eigenvalue weighted by atomic mass is 32.2. The van der Waals surface area contributed by atoms with Gasteiger partial charge in [0.1, 0.15) is 0 Å². The van der Waals surface area contributed by atoms with Crippen LogP contribution in [0.2, 0.25) is 0 Å². The molecule has 3 N–H and O–H groups in total. The van der Waals surface area contributed by atoms with Gasteiger partial charge in [0.15, 0.2) is 0 Å². The third-order valence-electron chi connectivity index (χ3n) is 1.19. The first-order chi connectivity index (χ1) is 4.91. The standard InChI is InChI=1S/C7H17NOS/c8-4-1-2-6-10-7-3-5-9/h9H,1-8H2. The second kappa shape index (κ2) is 9.27. The quantitative estimate of drug-likeness (QED) is 0.547. The molecule has 0 heterocycles. The summed E-state index contributed by atoms with van der Waals surface area (Å²) in [7, 11) is 0. The van der Waals surface area contributed by atoms with Gasteiger partial charge in [-0.1, -0.05) is 0 Å². The maximum Gasteiger partial charge on any atom is 0.0438 e. The summed E-state index contributed by atoms with van der Waals surface area (Å²) in [5.74, 6) is 2.28. The number of aliphatic hydroxyl groups excluding tert-OH is 1. The van der Waals surface area contributed by atoms with Gasteiger partial charge in [-0.15, -0.1) is 0 Å². The van der Waals surface area contributed by atoms with E-state index in [1.54, 1.807) is 0 Å². The van der Waals surface area contributed by atoms with E-state index in [0.717, 1.165) is 25.1 Å². The van der Waals surface area contributed by atoms with Gasteiger partial charge in [0.2, 0.25) is 0 Å². The summed E-state index contributed by atoms with van der Waals surface area (Å²) in [6.45, 7) is 1.13. The lowest BCUT2D eigenvalue weighted by atomic mass is 10.3. The first-order valence-electron chi connectivity index (χ1n) is 3.80. The molecule has 2 nitrogen and oxygen atoms in total. The molecule has 0 aromatic rings. The molecular formula is C7H17NOS. The second-order valence-corrected chi connectivity index (χ2v) is 3.41. The van der Waals surface area contributed by atoms with E-state index in [4.69, 9.17) is 10.8 Å². The Hall–Kier alpha value is 0.270. The van der Waals surface area contributed by atoms with Crippen LogP contribution in [0.15, 0.2) is 0 Å². The molecule has 10 heavy (non-hydrogen) atoms. The molecule has 0 amide bonds. The largest absolute Gasteiger partial charge is 0.396 e. The number of hydrogen-bond acceptors (Lipinski definition) is 3. The van der Waals surface area contributed by atoms with Gasteiger partial charge in [0, 0.05) is 6.61 Å². The predicted octanol–water partition coefficient (Wildman–Crippen LogP) is 0.841. The molecule has 0 aromatic heterocycles. The monoisotopic (exact) mass is 163 g/mol. The van der Waals surface area contributed by atoms with E-state index in [9.17, 15) is 0 Å². The molecular weight excluding hydrogens is 146 g/mol. The van der Waals surface area contributed by atoms with E-state index < -0.39 is 0 Å². The van der Waals surface area contributed by atoms with Gasteiger partial charge in [0.05, 0.1) is 0 Å². The third kappa shape index (κ3) is 8.27. The minimum absolute atomic E-state index is 0.323. The molecule has 0 rings (SSSR count). The van der Waals surface area contributed by atoms with Gasteiger partial charge < -0.3 is 10.8 Å². The lowest BCUT2D eigenvalue weighted by Gasteiger charge is -1.97. The molecule has 0 bridgehead atoms. The number of thioether (sulfide) groups is 1. The molecule has 0 aromatic carbocycles. The van der Waals surface area contributed by atoms with Crippen LogP contribution in [-0.4, -0.2) is 29.8 Å². The highest BCUT2D eigenvalue weighted by Gasteiger charge is 1.88. The summed E-state index contributed by atoms with van der Waals surface area (Å²) < 4.78 is 0. The van der Waals surface area contributed by atoms with Gasteiger partial charge in [-0.3, -0.25) is 0 Å². The van der Waals surface area contributed by atoms with Crippen molar-refractivity contribution in [3.8, 4) is 0 Å². The highest BCUT2D eigenvalue weighted by Crippen LogP contribution is 2.04. The lowest BCUT2D eigenvalue weighted by molar-refractivity contribution is 0.296. The first-order valence-corrected chi connectivity index (χ1v) is 4.96. The van der Waals surface area contributed by atoms with E-state index in [1.807, 2.05) is 11.8 Å². The van der Waals surface area contributed by atoms with E-state index in [0.29, 0.717) is 6.61 Å². The Labute approximate surface area is 67.2 Å². The van der Waals surface area contributed by atoms with E-state index >= 15 is 0 Å². The van der Waals surface area contributed by atoms with Gasteiger partial charge in [-0.2, -0.15) is 11.8 Å². The zero-order valence-corrected chi connectivity index (χ0v) is 7.20. The van der Waals surface area contributed by atoms with Crippen LogP contribution < -0.4 is 5.73 Å². The van der Waals surface area contributed by atoms with Gasteiger partial charge in [0.25, 0.3) is 0 Å². The molecule has 0 saturated heterocycles. The van der Waals surface area contributed by atoms with Crippen LogP contribution >= 0.6 is 11.8 Å². The van der Waals surface area contributed by atoms with Gasteiger partial charge in [-0.25, -0.2) is 0 Å². The summed E-state index contributed by atoms with van der Waals surface area (Å²) in [5.41, 5.74) is 5.32. The Morgan fingerprint density at radius 2 is 1.80 bits per heavy atom. The van der Waals surface area contributed by atoms with Crippen molar-refractivity contribution in [2.45, 2.75) is 19.3 Å². The first kappa shape index (κ1) is 10.3. The van der Waals surface area contributed by atoms with Crippen molar-refractivity contribution in [1.82, 2.24) is 0 Å². The zero-order chi connectivity index (χ0) is 7.66. The van der Waals surface area contributed by atoms with Crippen molar-refractivity contribution < 1.29 is 5.11 Å². The zero-order valence-electron chi connectivity index (χ0n) is 6.38. The summed E-state index contributed by atoms with van der Waals surface area (Å²) >= 11 is 1.90. The number of unbranched alkanes of at least 4 members (excludes halogenated alkanes) is 1. The number of rotatable bonds is 7. The van der Waals surface area contributed by atoms with E-state index in [1.165, 1.54) is 12.2 Å². The number of hydrogen-bond donors (Lipinski definition) is 2. The summed E-state index contributed by atoms with van der Waals surface area (Å²) in [6, 6.07) is 0. The maximum absolute atomic E-state index is 8.44. The molecule has 3 heteroatoms. The van der Waals surface area contributed by atoms with Crippen LogP contribution in [-0.2, 0) is 0 Å². The Kier molecular flexibility index (Phi) is 9.52. The summed E-state index contributed by atoms with van der Waals surface area (Å²) in [5, 5.41) is 8.44. The SMILES string of the molecule is NCCCCSCCCO. The number of nitrogens with two attached hydrogens (primary N) is 1. The maximum atomic E-state index is 8.44. The van der Waals surface area contributed by atoms with Crippen molar-refractivity contribution in [1.29, 1.82) is 0 Å². The molecule has 0 aliphatic heterocycles. The van der Waals surface area contributed by atoms with Gasteiger partial charge in [-0.05, 0) is 37.3 Å². The molecule has 0 fully saturated rings. The Morgan fingerprint density at radius 3 is 2.40 bits per heavy atom. The molecule has 0 aliphatic carbocycles. The van der Waals surface area contributed by atoms with Crippen LogP contribution in [0.4, 0.5) is 0 Å². The molecule has 0 aliphatic rings. The molecule has 0 spiro atoms. The molecule has 0 radical (unpaired) electrons. The Morgan fingerprint density at radius 1 is 1.10 bits per heavy atom. The fourth-order valence-electron chi connectivity index (χ4n) is 0.617. The predicted molar refractivity (Wildman–Crippen MR) is 47.3 cm³/mol. The van der Waals surface area contributed by atoms with Crippen LogP contribution in [0, 0.1) is 0 Å². The van der Waals surface area contributed by atoms with E-state index in [2.05, 4.69) is 0 Å². The fraction of sp³-hybridized carbons (Fsp3) is 1.00. The molecule has 0 atom stereocenters. The summed E-state index contributed by atoms with van der Waals surface area (Å²) in [6.07, 6.45) is 3.27. The topological polar surface area (TPSA) is 46.2 Å². The normalized spacial score (nSPS) is 10.2. The van der Waals surface area contributed by atoms with Crippen LogP contribution in [0.25, 0.3) is 0 Å². The second-order valence-electron chi connectivity index (χ2n) is 2.19. The van der Waals surface area contributed by atoms with Crippen molar-refractivity contribution >= 4 is 11.8 Å². The molecule has 62 valence electrons.